The van der Waals surface area contributed by atoms with E-state index in [0.29, 0.717) is 11.3 Å². The largest absolute Gasteiger partial charge is 0.478 e. The van der Waals surface area contributed by atoms with Crippen molar-refractivity contribution in [2.24, 2.45) is 0 Å². The molecular weight excluding hydrogens is 370 g/mol. The van der Waals surface area contributed by atoms with Gasteiger partial charge >= 0.3 is 12.0 Å². The lowest BCUT2D eigenvalue weighted by molar-refractivity contribution is 0.0695. The van der Waals surface area contributed by atoms with Gasteiger partial charge in [0.2, 0.25) is 0 Å². The SMILES string of the molecule is O=C(NCc1ccc(C(=O)O)cc1)Nc1ccc(C(=O)N2CCCCCC2)cc1. The van der Waals surface area contributed by atoms with E-state index in [-0.39, 0.29) is 24.0 Å². The predicted molar refractivity (Wildman–Crippen MR) is 110 cm³/mol. The van der Waals surface area contributed by atoms with Crippen molar-refractivity contribution in [1.82, 2.24) is 10.2 Å². The quantitative estimate of drug-likeness (QED) is 0.718. The summed E-state index contributed by atoms with van der Waals surface area (Å²) in [6.07, 6.45) is 4.44. The minimum atomic E-state index is -0.986. The summed E-state index contributed by atoms with van der Waals surface area (Å²) in [5.74, 6) is -0.951. The Bertz CT molecular complexity index is 855. The summed E-state index contributed by atoms with van der Waals surface area (Å²) in [7, 11) is 0. The molecule has 152 valence electrons. The van der Waals surface area contributed by atoms with E-state index < -0.39 is 5.97 Å². The molecule has 1 aliphatic heterocycles. The van der Waals surface area contributed by atoms with Crippen LogP contribution in [0.3, 0.4) is 0 Å². The lowest BCUT2D eigenvalue weighted by atomic mass is 10.1. The maximum atomic E-state index is 12.6. The molecule has 2 aromatic rings. The average molecular weight is 395 g/mol. The minimum Gasteiger partial charge on any atom is -0.478 e. The van der Waals surface area contributed by atoms with Crippen LogP contribution in [0.4, 0.5) is 10.5 Å². The monoisotopic (exact) mass is 395 g/mol. The number of urea groups is 1. The Balaban J connectivity index is 1.50. The molecule has 3 amide bonds. The lowest BCUT2D eigenvalue weighted by Gasteiger charge is -2.20. The van der Waals surface area contributed by atoms with Gasteiger partial charge in [-0.15, -0.1) is 0 Å². The number of rotatable bonds is 5. The van der Waals surface area contributed by atoms with Crippen molar-refractivity contribution in [3.8, 4) is 0 Å². The number of hydrogen-bond donors (Lipinski definition) is 3. The van der Waals surface area contributed by atoms with Crippen LogP contribution in [-0.2, 0) is 6.54 Å². The number of likely N-dealkylation sites (tertiary alicyclic amines) is 1. The molecule has 1 heterocycles. The first kappa shape index (κ1) is 20.4. The molecule has 0 aliphatic carbocycles. The summed E-state index contributed by atoms with van der Waals surface area (Å²) in [5.41, 5.74) is 2.21. The number of aromatic carboxylic acids is 1. The smallest absolute Gasteiger partial charge is 0.335 e. The molecular formula is C22H25N3O4. The molecule has 0 saturated carbocycles. The van der Waals surface area contributed by atoms with Gasteiger partial charge in [0.05, 0.1) is 5.56 Å². The van der Waals surface area contributed by atoms with E-state index in [9.17, 15) is 14.4 Å². The van der Waals surface area contributed by atoms with Crippen LogP contribution in [0.15, 0.2) is 48.5 Å². The standard InChI is InChI=1S/C22H25N3O4/c26-20(25-13-3-1-2-4-14-25)17-9-11-19(12-10-17)24-22(29)23-15-16-5-7-18(8-6-16)21(27)28/h5-12H,1-4,13-15H2,(H,27,28)(H2,23,24,29). The van der Waals surface area contributed by atoms with Crippen molar-refractivity contribution in [1.29, 1.82) is 0 Å². The van der Waals surface area contributed by atoms with Gasteiger partial charge in [-0.05, 0) is 54.8 Å². The number of carboxylic acid groups (broad SMARTS) is 1. The summed E-state index contributed by atoms with van der Waals surface area (Å²) in [4.78, 5) is 37.4. The lowest BCUT2D eigenvalue weighted by Crippen LogP contribution is -2.31. The molecule has 1 saturated heterocycles. The van der Waals surface area contributed by atoms with E-state index >= 15 is 0 Å². The fourth-order valence-corrected chi connectivity index (χ4v) is 3.28. The third-order valence-electron chi connectivity index (χ3n) is 4.94. The van der Waals surface area contributed by atoms with Crippen LogP contribution in [0.1, 0.15) is 52.0 Å². The number of nitrogens with zero attached hydrogens (tertiary/aromatic N) is 1. The van der Waals surface area contributed by atoms with Gasteiger partial charge in [-0.25, -0.2) is 9.59 Å². The first-order valence-corrected chi connectivity index (χ1v) is 9.79. The number of amides is 3. The molecule has 7 heteroatoms. The van der Waals surface area contributed by atoms with Crippen LogP contribution in [0, 0.1) is 0 Å². The normalized spacial score (nSPS) is 14.0. The highest BCUT2D eigenvalue weighted by molar-refractivity contribution is 5.95. The van der Waals surface area contributed by atoms with Crippen LogP contribution < -0.4 is 10.6 Å². The second-order valence-corrected chi connectivity index (χ2v) is 7.09. The van der Waals surface area contributed by atoms with Crippen LogP contribution in [0.25, 0.3) is 0 Å². The van der Waals surface area contributed by atoms with Gasteiger partial charge in [0.15, 0.2) is 0 Å². The average Bonchev–Trinajstić information content (AvgIpc) is 3.02. The van der Waals surface area contributed by atoms with Crippen LogP contribution in [-0.4, -0.2) is 41.0 Å². The highest BCUT2D eigenvalue weighted by atomic mass is 16.4. The Labute approximate surface area is 169 Å². The van der Waals surface area contributed by atoms with Crippen molar-refractivity contribution in [3.05, 3.63) is 65.2 Å². The zero-order valence-corrected chi connectivity index (χ0v) is 16.2. The van der Waals surface area contributed by atoms with Gasteiger partial charge in [0.25, 0.3) is 5.91 Å². The van der Waals surface area contributed by atoms with Gasteiger partial charge in [-0.3, -0.25) is 4.79 Å². The van der Waals surface area contributed by atoms with Crippen molar-refractivity contribution >= 4 is 23.6 Å². The molecule has 0 bridgehead atoms. The molecule has 7 nitrogen and oxygen atoms in total. The molecule has 0 aromatic heterocycles. The number of carbonyl (C=O) groups is 3. The fraction of sp³-hybridized carbons (Fsp3) is 0.318. The molecule has 0 unspecified atom stereocenters. The molecule has 3 rings (SSSR count). The van der Waals surface area contributed by atoms with Crippen LogP contribution >= 0.6 is 0 Å². The van der Waals surface area contributed by atoms with E-state index in [1.54, 1.807) is 36.4 Å². The predicted octanol–water partition coefficient (Wildman–Crippen LogP) is 3.72. The van der Waals surface area contributed by atoms with Crippen molar-refractivity contribution in [2.45, 2.75) is 32.2 Å². The molecule has 0 atom stereocenters. The molecule has 1 fully saturated rings. The zero-order chi connectivity index (χ0) is 20.6. The summed E-state index contributed by atoms with van der Waals surface area (Å²) in [6, 6.07) is 12.8. The van der Waals surface area contributed by atoms with Gasteiger partial charge in [0, 0.05) is 30.9 Å². The topological polar surface area (TPSA) is 98.7 Å². The van der Waals surface area contributed by atoms with E-state index in [4.69, 9.17) is 5.11 Å². The number of nitrogens with one attached hydrogen (secondary N) is 2. The van der Waals surface area contributed by atoms with Crippen LogP contribution in [0.5, 0.6) is 0 Å². The van der Waals surface area contributed by atoms with E-state index in [2.05, 4.69) is 10.6 Å². The number of benzene rings is 2. The third-order valence-corrected chi connectivity index (χ3v) is 4.94. The molecule has 0 spiro atoms. The molecule has 3 N–H and O–H groups in total. The number of hydrogen-bond acceptors (Lipinski definition) is 3. The fourth-order valence-electron chi connectivity index (χ4n) is 3.28. The van der Waals surface area contributed by atoms with Gasteiger partial charge in [-0.2, -0.15) is 0 Å². The molecule has 29 heavy (non-hydrogen) atoms. The minimum absolute atomic E-state index is 0.0349. The summed E-state index contributed by atoms with van der Waals surface area (Å²) in [6.45, 7) is 1.88. The zero-order valence-electron chi connectivity index (χ0n) is 16.2. The van der Waals surface area contributed by atoms with Crippen molar-refractivity contribution < 1.29 is 19.5 Å². The molecule has 2 aromatic carbocycles. The number of carbonyl (C=O) groups excluding carboxylic acids is 2. The van der Waals surface area contributed by atoms with Crippen molar-refractivity contribution in [3.63, 3.8) is 0 Å². The Morgan fingerprint density at radius 3 is 2.00 bits per heavy atom. The highest BCUT2D eigenvalue weighted by Crippen LogP contribution is 2.15. The first-order valence-electron chi connectivity index (χ1n) is 9.79. The van der Waals surface area contributed by atoms with E-state index in [0.717, 1.165) is 31.5 Å². The first-order chi connectivity index (χ1) is 14.0. The summed E-state index contributed by atoms with van der Waals surface area (Å²) in [5, 5.41) is 14.3. The van der Waals surface area contributed by atoms with E-state index in [1.165, 1.54) is 25.0 Å². The Morgan fingerprint density at radius 2 is 1.41 bits per heavy atom. The van der Waals surface area contributed by atoms with Gasteiger partial charge in [-0.1, -0.05) is 25.0 Å². The summed E-state index contributed by atoms with van der Waals surface area (Å²) < 4.78 is 0. The second-order valence-electron chi connectivity index (χ2n) is 7.09. The molecule has 0 radical (unpaired) electrons. The van der Waals surface area contributed by atoms with E-state index in [1.807, 2.05) is 4.90 Å². The maximum absolute atomic E-state index is 12.6. The Kier molecular flexibility index (Phi) is 6.84. The highest BCUT2D eigenvalue weighted by Gasteiger charge is 2.17. The number of anilines is 1. The number of carboxylic acids is 1. The second kappa shape index (κ2) is 9.73. The van der Waals surface area contributed by atoms with Crippen molar-refractivity contribution in [2.75, 3.05) is 18.4 Å². The third kappa shape index (κ3) is 5.81. The van der Waals surface area contributed by atoms with Gasteiger partial charge in [0.1, 0.15) is 0 Å². The van der Waals surface area contributed by atoms with Crippen LogP contribution in [0.2, 0.25) is 0 Å². The van der Waals surface area contributed by atoms with Gasteiger partial charge < -0.3 is 20.6 Å². The summed E-state index contributed by atoms with van der Waals surface area (Å²) >= 11 is 0. The Morgan fingerprint density at radius 1 is 0.828 bits per heavy atom. The Hall–Kier alpha value is -3.35. The molecule has 1 aliphatic rings. The maximum Gasteiger partial charge on any atom is 0.335 e.